The molecule has 0 saturated heterocycles. The number of aliphatic hydroxyl groups excluding tert-OH is 1. The third kappa shape index (κ3) is 3.49. The summed E-state index contributed by atoms with van der Waals surface area (Å²) in [5.74, 6) is -4.23. The van der Waals surface area contributed by atoms with E-state index in [1.54, 1.807) is 0 Å². The van der Waals surface area contributed by atoms with Crippen LogP contribution in [0.3, 0.4) is 0 Å². The number of benzene rings is 1. The van der Waals surface area contributed by atoms with E-state index in [-0.39, 0.29) is 16.6 Å². The van der Waals surface area contributed by atoms with Crippen molar-refractivity contribution in [3.05, 3.63) is 33.8 Å². The first-order chi connectivity index (χ1) is 8.84. The molecule has 1 aromatic carbocycles. The Labute approximate surface area is 117 Å². The maximum Gasteiger partial charge on any atom is 0.337 e. The number of rotatable bonds is 5. The summed E-state index contributed by atoms with van der Waals surface area (Å²) in [5.41, 5.74) is -0.346. The van der Waals surface area contributed by atoms with E-state index in [2.05, 4.69) is 25.4 Å². The summed E-state index contributed by atoms with van der Waals surface area (Å²) < 4.78 is 36.8. The second-order valence-corrected chi connectivity index (χ2v) is 4.47. The van der Waals surface area contributed by atoms with E-state index in [1.165, 1.54) is 26.2 Å². The lowest BCUT2D eigenvalue weighted by Gasteiger charge is -2.23. The second kappa shape index (κ2) is 6.40. The SMILES string of the molecule is CCOC(O)C(F)(F)c1ccc(C(=O)OC)cc1Br. The van der Waals surface area contributed by atoms with Gasteiger partial charge >= 0.3 is 11.9 Å². The molecule has 0 amide bonds. The lowest BCUT2D eigenvalue weighted by atomic mass is 10.1. The van der Waals surface area contributed by atoms with E-state index >= 15 is 0 Å². The van der Waals surface area contributed by atoms with Crippen LogP contribution in [0.1, 0.15) is 22.8 Å². The van der Waals surface area contributed by atoms with Gasteiger partial charge < -0.3 is 14.6 Å². The van der Waals surface area contributed by atoms with Gasteiger partial charge in [0.05, 0.1) is 12.7 Å². The van der Waals surface area contributed by atoms with Gasteiger partial charge in [-0.1, -0.05) is 22.0 Å². The molecular formula is C12H13BrF2O4. The van der Waals surface area contributed by atoms with Gasteiger partial charge in [0.2, 0.25) is 6.29 Å². The molecule has 1 atom stereocenters. The van der Waals surface area contributed by atoms with Crippen LogP contribution in [0.25, 0.3) is 0 Å². The molecule has 0 aliphatic heterocycles. The Hall–Kier alpha value is -1.05. The number of halogens is 3. The van der Waals surface area contributed by atoms with E-state index in [0.717, 1.165) is 6.07 Å². The van der Waals surface area contributed by atoms with Gasteiger partial charge in [-0.15, -0.1) is 0 Å². The lowest BCUT2D eigenvalue weighted by Crippen LogP contribution is -2.33. The highest BCUT2D eigenvalue weighted by atomic mass is 79.9. The number of hydrogen-bond donors (Lipinski definition) is 1. The first-order valence-electron chi connectivity index (χ1n) is 5.40. The number of esters is 1. The van der Waals surface area contributed by atoms with Gasteiger partial charge in [0, 0.05) is 16.6 Å². The van der Waals surface area contributed by atoms with Crippen molar-refractivity contribution in [2.24, 2.45) is 0 Å². The third-order valence-corrected chi connectivity index (χ3v) is 3.04. The fraction of sp³-hybridized carbons (Fsp3) is 0.417. The van der Waals surface area contributed by atoms with Gasteiger partial charge in [-0.2, -0.15) is 8.78 Å². The van der Waals surface area contributed by atoms with Crippen LogP contribution in [0.2, 0.25) is 0 Å². The lowest BCUT2D eigenvalue weighted by molar-refractivity contribution is -0.238. The van der Waals surface area contributed by atoms with E-state index in [1.807, 2.05) is 0 Å². The number of hydrogen-bond acceptors (Lipinski definition) is 4. The Balaban J connectivity index is 3.11. The van der Waals surface area contributed by atoms with Crippen molar-refractivity contribution in [1.29, 1.82) is 0 Å². The molecular weight excluding hydrogens is 326 g/mol. The maximum atomic E-state index is 13.9. The van der Waals surface area contributed by atoms with Crippen molar-refractivity contribution >= 4 is 21.9 Å². The zero-order valence-electron chi connectivity index (χ0n) is 10.3. The monoisotopic (exact) mass is 338 g/mol. The van der Waals surface area contributed by atoms with Crippen molar-refractivity contribution in [3.8, 4) is 0 Å². The van der Waals surface area contributed by atoms with Gasteiger partial charge in [0.15, 0.2) is 0 Å². The number of methoxy groups -OCH3 is 1. The highest BCUT2D eigenvalue weighted by Gasteiger charge is 2.43. The summed E-state index contributed by atoms with van der Waals surface area (Å²) in [6.45, 7) is 1.45. The first kappa shape index (κ1) is 16.0. The highest BCUT2D eigenvalue weighted by molar-refractivity contribution is 9.10. The topological polar surface area (TPSA) is 55.8 Å². The van der Waals surface area contributed by atoms with Crippen LogP contribution in [0.15, 0.2) is 22.7 Å². The Bertz CT molecular complexity index is 465. The molecule has 1 aromatic rings. The minimum atomic E-state index is -3.59. The van der Waals surface area contributed by atoms with Gasteiger partial charge in [-0.05, 0) is 19.1 Å². The van der Waals surface area contributed by atoms with Crippen LogP contribution in [0.4, 0.5) is 8.78 Å². The van der Waals surface area contributed by atoms with E-state index in [9.17, 15) is 18.7 Å². The molecule has 0 fully saturated rings. The molecule has 0 heterocycles. The van der Waals surface area contributed by atoms with E-state index < -0.39 is 23.7 Å². The molecule has 106 valence electrons. The zero-order chi connectivity index (χ0) is 14.6. The summed E-state index contributed by atoms with van der Waals surface area (Å²) >= 11 is 2.95. The Morgan fingerprint density at radius 3 is 2.63 bits per heavy atom. The molecule has 19 heavy (non-hydrogen) atoms. The van der Waals surface area contributed by atoms with Crippen LogP contribution in [-0.2, 0) is 15.4 Å². The van der Waals surface area contributed by atoms with Gasteiger partial charge in [-0.3, -0.25) is 0 Å². The van der Waals surface area contributed by atoms with Crippen molar-refractivity contribution < 1.29 is 28.2 Å². The fourth-order valence-corrected chi connectivity index (χ4v) is 2.07. The van der Waals surface area contributed by atoms with Crippen LogP contribution >= 0.6 is 15.9 Å². The molecule has 1 rings (SSSR count). The Morgan fingerprint density at radius 2 is 2.16 bits per heavy atom. The molecule has 0 bridgehead atoms. The molecule has 0 spiro atoms. The number of aliphatic hydroxyl groups is 1. The van der Waals surface area contributed by atoms with Crippen molar-refractivity contribution in [1.82, 2.24) is 0 Å². The minimum Gasteiger partial charge on any atom is -0.465 e. The summed E-state index contributed by atoms with van der Waals surface area (Å²) in [6, 6.07) is 3.44. The summed E-state index contributed by atoms with van der Waals surface area (Å²) in [7, 11) is 1.19. The molecule has 0 aromatic heterocycles. The first-order valence-corrected chi connectivity index (χ1v) is 6.19. The molecule has 0 saturated carbocycles. The summed E-state index contributed by atoms with van der Waals surface area (Å²) in [6.07, 6.45) is -2.25. The van der Waals surface area contributed by atoms with Gasteiger partial charge in [0.1, 0.15) is 0 Å². The average molecular weight is 339 g/mol. The van der Waals surface area contributed by atoms with Crippen LogP contribution in [-0.4, -0.2) is 31.1 Å². The molecule has 4 nitrogen and oxygen atoms in total. The molecule has 0 aliphatic carbocycles. The van der Waals surface area contributed by atoms with Crippen molar-refractivity contribution in [2.75, 3.05) is 13.7 Å². The quantitative estimate of drug-likeness (QED) is 0.662. The molecule has 1 N–H and O–H groups in total. The average Bonchev–Trinajstić information content (AvgIpc) is 2.37. The normalized spacial score (nSPS) is 13.2. The smallest absolute Gasteiger partial charge is 0.337 e. The van der Waals surface area contributed by atoms with Crippen LogP contribution in [0, 0.1) is 0 Å². The predicted octanol–water partition coefficient (Wildman–Crippen LogP) is 2.68. The predicted molar refractivity (Wildman–Crippen MR) is 67.0 cm³/mol. The van der Waals surface area contributed by atoms with Crippen molar-refractivity contribution in [2.45, 2.75) is 19.1 Å². The maximum absolute atomic E-state index is 13.9. The Morgan fingerprint density at radius 1 is 1.53 bits per heavy atom. The summed E-state index contributed by atoms with van der Waals surface area (Å²) in [5, 5.41) is 9.29. The molecule has 0 radical (unpaired) electrons. The Kier molecular flexibility index (Phi) is 5.39. The molecule has 0 aliphatic rings. The second-order valence-electron chi connectivity index (χ2n) is 3.62. The summed E-state index contributed by atoms with van der Waals surface area (Å²) in [4.78, 5) is 11.3. The minimum absolute atomic E-state index is 0.0147. The van der Waals surface area contributed by atoms with Gasteiger partial charge in [0.25, 0.3) is 0 Å². The van der Waals surface area contributed by atoms with Crippen LogP contribution in [0.5, 0.6) is 0 Å². The van der Waals surface area contributed by atoms with Crippen LogP contribution < -0.4 is 0 Å². The molecule has 7 heteroatoms. The highest BCUT2D eigenvalue weighted by Crippen LogP contribution is 2.37. The van der Waals surface area contributed by atoms with E-state index in [0.29, 0.717) is 0 Å². The standard InChI is InChI=1S/C12H13BrF2O4/c1-3-19-11(17)12(14,15)8-5-4-7(6-9(8)13)10(16)18-2/h4-6,11,17H,3H2,1-2H3. The number of carbonyl (C=O) groups is 1. The van der Waals surface area contributed by atoms with Crippen molar-refractivity contribution in [3.63, 3.8) is 0 Å². The number of alkyl halides is 2. The third-order valence-electron chi connectivity index (χ3n) is 2.38. The number of carbonyl (C=O) groups excluding carboxylic acids is 1. The zero-order valence-corrected chi connectivity index (χ0v) is 11.9. The van der Waals surface area contributed by atoms with E-state index in [4.69, 9.17) is 0 Å². The number of ether oxygens (including phenoxy) is 2. The fourth-order valence-electron chi connectivity index (χ4n) is 1.43. The molecule has 1 unspecified atom stereocenters. The largest absolute Gasteiger partial charge is 0.465 e. The van der Waals surface area contributed by atoms with Gasteiger partial charge in [-0.25, -0.2) is 4.79 Å².